The number of amides is 1. The molecule has 0 aliphatic carbocycles. The van der Waals surface area contributed by atoms with Crippen molar-refractivity contribution in [3.63, 3.8) is 0 Å². The fraction of sp³-hybridized carbons (Fsp3) is 0.438. The van der Waals surface area contributed by atoms with Crippen molar-refractivity contribution in [3.8, 4) is 0 Å². The third kappa shape index (κ3) is 2.35. The molecule has 4 rings (SSSR count). The van der Waals surface area contributed by atoms with Crippen LogP contribution >= 0.6 is 11.3 Å². The second kappa shape index (κ2) is 5.09. The zero-order valence-electron chi connectivity index (χ0n) is 11.7. The second-order valence-electron chi connectivity index (χ2n) is 5.59. The van der Waals surface area contributed by atoms with Crippen LogP contribution in [0.4, 0.5) is 0 Å². The fourth-order valence-corrected chi connectivity index (χ4v) is 4.17. The number of rotatable bonds is 1. The molecule has 0 bridgehead atoms. The molecule has 110 valence electrons. The first kappa shape index (κ1) is 13.2. The van der Waals surface area contributed by atoms with Gasteiger partial charge in [-0.2, -0.15) is 0 Å². The standard InChI is InChI=1S/C16H17NO3S/c18-15(14-10-12-4-1-2-5-13(12)21-14)17-7-3-6-16(11-17)19-8-9-20-16/h1-2,4-5,10H,3,6-9,11H2. The summed E-state index contributed by atoms with van der Waals surface area (Å²) in [5, 5.41) is 1.13. The van der Waals surface area contributed by atoms with E-state index in [-0.39, 0.29) is 5.91 Å². The Kier molecular flexibility index (Phi) is 3.21. The summed E-state index contributed by atoms with van der Waals surface area (Å²) in [7, 11) is 0. The van der Waals surface area contributed by atoms with Crippen LogP contribution in [0.3, 0.4) is 0 Å². The van der Waals surface area contributed by atoms with Gasteiger partial charge in [-0.1, -0.05) is 18.2 Å². The van der Waals surface area contributed by atoms with E-state index >= 15 is 0 Å². The van der Waals surface area contributed by atoms with E-state index in [1.54, 1.807) is 11.3 Å². The van der Waals surface area contributed by atoms with Crippen LogP contribution in [-0.4, -0.2) is 42.9 Å². The number of carbonyl (C=O) groups excluding carboxylic acids is 1. The zero-order chi connectivity index (χ0) is 14.3. The molecule has 1 aromatic carbocycles. The molecule has 5 heteroatoms. The smallest absolute Gasteiger partial charge is 0.264 e. The monoisotopic (exact) mass is 303 g/mol. The molecular weight excluding hydrogens is 286 g/mol. The Balaban J connectivity index is 1.58. The summed E-state index contributed by atoms with van der Waals surface area (Å²) in [5.74, 6) is -0.459. The molecule has 0 radical (unpaired) electrons. The predicted molar refractivity (Wildman–Crippen MR) is 81.6 cm³/mol. The van der Waals surface area contributed by atoms with E-state index in [9.17, 15) is 4.79 Å². The van der Waals surface area contributed by atoms with Crippen LogP contribution in [-0.2, 0) is 9.47 Å². The topological polar surface area (TPSA) is 38.8 Å². The Morgan fingerprint density at radius 3 is 2.86 bits per heavy atom. The van der Waals surface area contributed by atoms with Gasteiger partial charge in [0.25, 0.3) is 5.91 Å². The Morgan fingerprint density at radius 2 is 2.05 bits per heavy atom. The molecule has 3 heterocycles. The normalized spacial score (nSPS) is 21.2. The highest BCUT2D eigenvalue weighted by Gasteiger charge is 2.42. The van der Waals surface area contributed by atoms with E-state index in [1.807, 2.05) is 29.2 Å². The average molecular weight is 303 g/mol. The summed E-state index contributed by atoms with van der Waals surface area (Å²) in [5.41, 5.74) is 0. The number of nitrogens with zero attached hydrogens (tertiary/aromatic N) is 1. The van der Waals surface area contributed by atoms with Crippen molar-refractivity contribution in [1.29, 1.82) is 0 Å². The summed E-state index contributed by atoms with van der Waals surface area (Å²) >= 11 is 1.56. The van der Waals surface area contributed by atoms with E-state index in [0.29, 0.717) is 19.8 Å². The van der Waals surface area contributed by atoms with Crippen molar-refractivity contribution in [2.75, 3.05) is 26.3 Å². The highest BCUT2D eigenvalue weighted by molar-refractivity contribution is 7.20. The number of carbonyl (C=O) groups is 1. The van der Waals surface area contributed by atoms with Crippen LogP contribution in [0.15, 0.2) is 30.3 Å². The minimum atomic E-state index is -0.551. The molecule has 4 nitrogen and oxygen atoms in total. The lowest BCUT2D eigenvalue weighted by molar-refractivity contribution is -0.183. The number of ether oxygens (including phenoxy) is 2. The number of hydrogen-bond donors (Lipinski definition) is 0. The average Bonchev–Trinajstić information content (AvgIpc) is 3.13. The second-order valence-corrected chi connectivity index (χ2v) is 6.67. The van der Waals surface area contributed by atoms with Crippen molar-refractivity contribution in [1.82, 2.24) is 4.90 Å². The molecule has 1 amide bonds. The number of benzene rings is 1. The van der Waals surface area contributed by atoms with Gasteiger partial charge >= 0.3 is 0 Å². The van der Waals surface area contributed by atoms with Gasteiger partial charge in [-0.3, -0.25) is 4.79 Å². The largest absolute Gasteiger partial charge is 0.346 e. The SMILES string of the molecule is O=C(c1cc2ccccc2s1)N1CCCC2(C1)OCCO2. The Morgan fingerprint density at radius 1 is 1.24 bits per heavy atom. The van der Waals surface area contributed by atoms with Crippen LogP contribution in [0.1, 0.15) is 22.5 Å². The first-order valence-corrected chi connectivity index (χ1v) is 8.13. The van der Waals surface area contributed by atoms with Crippen molar-refractivity contribution < 1.29 is 14.3 Å². The minimum absolute atomic E-state index is 0.0920. The number of thiophene rings is 1. The van der Waals surface area contributed by atoms with Crippen molar-refractivity contribution in [3.05, 3.63) is 35.2 Å². The molecule has 1 spiro atoms. The van der Waals surface area contributed by atoms with Crippen molar-refractivity contribution in [2.45, 2.75) is 18.6 Å². The van der Waals surface area contributed by atoms with Crippen LogP contribution in [0, 0.1) is 0 Å². The number of hydrogen-bond acceptors (Lipinski definition) is 4. The summed E-state index contributed by atoms with van der Waals surface area (Å²) < 4.78 is 12.6. The van der Waals surface area contributed by atoms with E-state index in [2.05, 4.69) is 6.07 Å². The molecule has 0 unspecified atom stereocenters. The fourth-order valence-electron chi connectivity index (χ4n) is 3.14. The highest BCUT2D eigenvalue weighted by atomic mass is 32.1. The Hall–Kier alpha value is -1.43. The van der Waals surface area contributed by atoms with Gasteiger partial charge in [-0.15, -0.1) is 11.3 Å². The predicted octanol–water partition coefficient (Wildman–Crippen LogP) is 2.88. The van der Waals surface area contributed by atoms with E-state index in [0.717, 1.165) is 34.3 Å². The van der Waals surface area contributed by atoms with Gasteiger partial charge in [-0.05, 0) is 23.9 Å². The summed E-state index contributed by atoms with van der Waals surface area (Å²) in [6.45, 7) is 2.58. The number of fused-ring (bicyclic) bond motifs is 1. The molecule has 21 heavy (non-hydrogen) atoms. The van der Waals surface area contributed by atoms with E-state index in [4.69, 9.17) is 9.47 Å². The molecule has 1 aromatic heterocycles. The van der Waals surface area contributed by atoms with Crippen LogP contribution in [0.2, 0.25) is 0 Å². The summed E-state index contributed by atoms with van der Waals surface area (Å²) in [6, 6.07) is 10.1. The molecule has 0 saturated carbocycles. The van der Waals surface area contributed by atoms with E-state index in [1.165, 1.54) is 0 Å². The third-order valence-corrected chi connectivity index (χ3v) is 5.26. The lowest BCUT2D eigenvalue weighted by Gasteiger charge is -2.38. The molecule has 2 aliphatic heterocycles. The van der Waals surface area contributed by atoms with Crippen LogP contribution in [0.5, 0.6) is 0 Å². The zero-order valence-corrected chi connectivity index (χ0v) is 12.5. The first-order valence-electron chi connectivity index (χ1n) is 7.32. The van der Waals surface area contributed by atoms with Crippen LogP contribution in [0.25, 0.3) is 10.1 Å². The quantitative estimate of drug-likeness (QED) is 0.813. The van der Waals surface area contributed by atoms with Gasteiger partial charge in [0, 0.05) is 17.7 Å². The molecular formula is C16H17NO3S. The van der Waals surface area contributed by atoms with E-state index < -0.39 is 5.79 Å². The minimum Gasteiger partial charge on any atom is -0.346 e. The van der Waals surface area contributed by atoms with Gasteiger partial charge < -0.3 is 14.4 Å². The molecule has 2 aromatic rings. The Bertz CT molecular complexity index is 642. The van der Waals surface area contributed by atoms with Gasteiger partial charge in [0.1, 0.15) is 0 Å². The molecule has 2 aliphatic rings. The molecule has 0 N–H and O–H groups in total. The maximum absolute atomic E-state index is 12.7. The highest BCUT2D eigenvalue weighted by Crippen LogP contribution is 2.32. The molecule has 2 saturated heterocycles. The summed E-state index contributed by atoms with van der Waals surface area (Å²) in [6.07, 6.45) is 1.81. The summed E-state index contributed by atoms with van der Waals surface area (Å²) in [4.78, 5) is 15.4. The first-order chi connectivity index (χ1) is 10.3. The maximum Gasteiger partial charge on any atom is 0.264 e. The van der Waals surface area contributed by atoms with Crippen molar-refractivity contribution >= 4 is 27.3 Å². The molecule has 2 fully saturated rings. The Labute approximate surface area is 127 Å². The number of likely N-dealkylation sites (tertiary alicyclic amines) is 1. The maximum atomic E-state index is 12.7. The lowest BCUT2D eigenvalue weighted by atomic mass is 10.0. The van der Waals surface area contributed by atoms with Gasteiger partial charge in [0.2, 0.25) is 0 Å². The van der Waals surface area contributed by atoms with Gasteiger partial charge in [0.15, 0.2) is 5.79 Å². The van der Waals surface area contributed by atoms with Gasteiger partial charge in [-0.25, -0.2) is 0 Å². The number of piperidine rings is 1. The van der Waals surface area contributed by atoms with Gasteiger partial charge in [0.05, 0.1) is 24.6 Å². The third-order valence-electron chi connectivity index (χ3n) is 4.15. The molecule has 0 atom stereocenters. The van der Waals surface area contributed by atoms with Crippen LogP contribution < -0.4 is 0 Å². The van der Waals surface area contributed by atoms with Crippen molar-refractivity contribution in [2.24, 2.45) is 0 Å². The lowest BCUT2D eigenvalue weighted by Crippen LogP contribution is -2.50.